The Kier molecular flexibility index (Phi) is 5.96. The van der Waals surface area contributed by atoms with E-state index in [4.69, 9.17) is 9.47 Å². The number of fused-ring (bicyclic) bond motifs is 1. The average Bonchev–Trinajstić information content (AvgIpc) is 2.69. The van der Waals surface area contributed by atoms with Crippen LogP contribution >= 0.6 is 0 Å². The first-order valence-corrected chi connectivity index (χ1v) is 8.97. The fourth-order valence-electron chi connectivity index (χ4n) is 2.93. The molecule has 8 heteroatoms. The van der Waals surface area contributed by atoms with Crippen LogP contribution in [-0.4, -0.2) is 25.7 Å². The second-order valence-corrected chi connectivity index (χ2v) is 6.36. The number of hydrogen-bond acceptors (Lipinski definition) is 4. The number of alkyl halides is 3. The molecule has 28 heavy (non-hydrogen) atoms. The maximum Gasteiger partial charge on any atom is 0.416 e. The van der Waals surface area contributed by atoms with Gasteiger partial charge in [0, 0.05) is 5.69 Å². The lowest BCUT2D eigenvalue weighted by molar-refractivity contribution is -0.137. The van der Waals surface area contributed by atoms with Crippen molar-refractivity contribution in [1.82, 2.24) is 5.32 Å². The molecular weight excluding hydrogens is 373 g/mol. The molecule has 0 bridgehead atoms. The predicted octanol–water partition coefficient (Wildman–Crippen LogP) is 4.16. The molecule has 2 aromatic carbocycles. The number of amides is 1. The zero-order chi connectivity index (χ0) is 20.1. The smallest absolute Gasteiger partial charge is 0.416 e. The Bertz CT molecular complexity index is 840. The molecule has 2 aromatic rings. The van der Waals surface area contributed by atoms with E-state index >= 15 is 0 Å². The van der Waals surface area contributed by atoms with Gasteiger partial charge >= 0.3 is 6.18 Å². The van der Waals surface area contributed by atoms with Crippen molar-refractivity contribution in [3.63, 3.8) is 0 Å². The maximum atomic E-state index is 12.8. The van der Waals surface area contributed by atoms with Crippen LogP contribution in [0.15, 0.2) is 42.5 Å². The van der Waals surface area contributed by atoms with Crippen molar-refractivity contribution >= 4 is 11.6 Å². The molecule has 0 fully saturated rings. The van der Waals surface area contributed by atoms with Crippen molar-refractivity contribution in [1.29, 1.82) is 0 Å². The molecule has 1 amide bonds. The van der Waals surface area contributed by atoms with E-state index in [-0.39, 0.29) is 24.2 Å². The van der Waals surface area contributed by atoms with Crippen LogP contribution in [0.1, 0.15) is 30.5 Å². The highest BCUT2D eigenvalue weighted by Gasteiger charge is 2.30. The van der Waals surface area contributed by atoms with Gasteiger partial charge in [0.2, 0.25) is 5.91 Å². The number of rotatable bonds is 6. The van der Waals surface area contributed by atoms with Crippen LogP contribution in [0.3, 0.4) is 0 Å². The maximum absolute atomic E-state index is 12.8. The molecular formula is C20H21F3N2O3. The van der Waals surface area contributed by atoms with E-state index in [1.807, 2.05) is 19.1 Å². The van der Waals surface area contributed by atoms with Gasteiger partial charge in [0.1, 0.15) is 13.2 Å². The second kappa shape index (κ2) is 8.41. The zero-order valence-electron chi connectivity index (χ0n) is 15.3. The average molecular weight is 394 g/mol. The van der Waals surface area contributed by atoms with Gasteiger partial charge < -0.3 is 20.1 Å². The number of nitrogens with one attached hydrogen (secondary N) is 2. The zero-order valence-corrected chi connectivity index (χ0v) is 15.3. The van der Waals surface area contributed by atoms with Gasteiger partial charge in [-0.05, 0) is 42.3 Å². The summed E-state index contributed by atoms with van der Waals surface area (Å²) in [4.78, 5) is 12.3. The molecule has 3 rings (SSSR count). The van der Waals surface area contributed by atoms with Gasteiger partial charge in [0.15, 0.2) is 11.5 Å². The number of carbonyl (C=O) groups excluding carboxylic acids is 1. The number of halogens is 3. The van der Waals surface area contributed by atoms with Gasteiger partial charge in [-0.1, -0.05) is 19.1 Å². The highest BCUT2D eigenvalue weighted by Crippen LogP contribution is 2.33. The van der Waals surface area contributed by atoms with Crippen LogP contribution in [0.4, 0.5) is 18.9 Å². The van der Waals surface area contributed by atoms with Gasteiger partial charge in [0.25, 0.3) is 0 Å². The van der Waals surface area contributed by atoms with E-state index in [0.29, 0.717) is 31.1 Å². The molecule has 150 valence electrons. The number of benzene rings is 2. The van der Waals surface area contributed by atoms with E-state index in [1.54, 1.807) is 6.07 Å². The summed E-state index contributed by atoms with van der Waals surface area (Å²) in [7, 11) is 0. The first kappa shape index (κ1) is 19.9. The quantitative estimate of drug-likeness (QED) is 0.773. The monoisotopic (exact) mass is 394 g/mol. The molecule has 0 aromatic heterocycles. The number of anilines is 1. The van der Waals surface area contributed by atoms with Crippen molar-refractivity contribution in [2.45, 2.75) is 25.6 Å². The van der Waals surface area contributed by atoms with Gasteiger partial charge in [0.05, 0.1) is 18.2 Å². The molecule has 0 saturated heterocycles. The molecule has 0 saturated carbocycles. The topological polar surface area (TPSA) is 59.6 Å². The lowest BCUT2D eigenvalue weighted by Gasteiger charge is -2.22. The molecule has 0 aliphatic carbocycles. The number of hydrogen-bond donors (Lipinski definition) is 2. The first-order chi connectivity index (χ1) is 13.4. The fraction of sp³-hybridized carbons (Fsp3) is 0.350. The lowest BCUT2D eigenvalue weighted by atomic mass is 10.0. The predicted molar refractivity (Wildman–Crippen MR) is 98.5 cm³/mol. The minimum Gasteiger partial charge on any atom is -0.486 e. The van der Waals surface area contributed by atoms with Crippen LogP contribution in [0, 0.1) is 0 Å². The Morgan fingerprint density at radius 1 is 1.11 bits per heavy atom. The Labute approximate surface area is 160 Å². The van der Waals surface area contributed by atoms with Crippen LogP contribution in [0.2, 0.25) is 0 Å². The highest BCUT2D eigenvalue weighted by atomic mass is 19.4. The van der Waals surface area contributed by atoms with Gasteiger partial charge in [-0.25, -0.2) is 0 Å². The van der Waals surface area contributed by atoms with E-state index in [2.05, 4.69) is 10.6 Å². The van der Waals surface area contributed by atoms with Crippen molar-refractivity contribution < 1.29 is 27.4 Å². The van der Waals surface area contributed by atoms with Crippen LogP contribution in [0.5, 0.6) is 11.5 Å². The molecule has 1 aliphatic rings. The largest absolute Gasteiger partial charge is 0.486 e. The molecule has 1 atom stereocenters. The Hall–Kier alpha value is -2.90. The molecule has 5 nitrogen and oxygen atoms in total. The Morgan fingerprint density at radius 3 is 2.57 bits per heavy atom. The number of carbonyl (C=O) groups is 1. The Balaban J connectivity index is 1.60. The third-order valence-electron chi connectivity index (χ3n) is 4.36. The summed E-state index contributed by atoms with van der Waals surface area (Å²) in [5.41, 5.74) is 0.345. The van der Waals surface area contributed by atoms with Crippen LogP contribution in [-0.2, 0) is 11.0 Å². The van der Waals surface area contributed by atoms with Crippen LogP contribution < -0.4 is 20.1 Å². The molecule has 0 radical (unpaired) electrons. The first-order valence-electron chi connectivity index (χ1n) is 8.97. The SMILES string of the molecule is CCC(NC(=O)CNc1cccc(C(F)(F)F)c1)c1ccc2c(c1)OCCO2. The summed E-state index contributed by atoms with van der Waals surface area (Å²) in [6.07, 6.45) is -3.78. The van der Waals surface area contributed by atoms with E-state index in [1.165, 1.54) is 12.1 Å². The van der Waals surface area contributed by atoms with E-state index in [0.717, 1.165) is 17.7 Å². The van der Waals surface area contributed by atoms with Crippen molar-refractivity contribution in [3.05, 3.63) is 53.6 Å². The highest BCUT2D eigenvalue weighted by molar-refractivity contribution is 5.81. The molecule has 0 spiro atoms. The summed E-state index contributed by atoms with van der Waals surface area (Å²) in [5.74, 6) is 0.986. The normalized spacial score (nSPS) is 14.3. The van der Waals surface area contributed by atoms with Crippen molar-refractivity contribution in [2.75, 3.05) is 25.1 Å². The number of ether oxygens (including phenoxy) is 2. The van der Waals surface area contributed by atoms with Gasteiger partial charge in [-0.15, -0.1) is 0 Å². The third kappa shape index (κ3) is 4.88. The van der Waals surface area contributed by atoms with Crippen molar-refractivity contribution in [2.24, 2.45) is 0 Å². The van der Waals surface area contributed by atoms with Crippen LogP contribution in [0.25, 0.3) is 0 Å². The summed E-state index contributed by atoms with van der Waals surface area (Å²) in [6.45, 7) is 2.77. The summed E-state index contributed by atoms with van der Waals surface area (Å²) in [5, 5.41) is 5.62. The summed E-state index contributed by atoms with van der Waals surface area (Å²) < 4.78 is 49.4. The van der Waals surface area contributed by atoms with E-state index < -0.39 is 11.7 Å². The standard InChI is InChI=1S/C20H21F3N2O3/c1-2-16(13-6-7-17-18(10-13)28-9-8-27-17)25-19(26)12-24-15-5-3-4-14(11-15)20(21,22)23/h3-7,10-11,16,24H,2,8-9,12H2,1H3,(H,25,26). The second-order valence-electron chi connectivity index (χ2n) is 6.36. The van der Waals surface area contributed by atoms with Gasteiger partial charge in [-0.2, -0.15) is 13.2 Å². The third-order valence-corrected chi connectivity index (χ3v) is 4.36. The fourth-order valence-corrected chi connectivity index (χ4v) is 2.93. The van der Waals surface area contributed by atoms with Crippen molar-refractivity contribution in [3.8, 4) is 11.5 Å². The molecule has 2 N–H and O–H groups in total. The minimum atomic E-state index is -4.43. The summed E-state index contributed by atoms with van der Waals surface area (Å²) in [6, 6.07) is 10.0. The minimum absolute atomic E-state index is 0.137. The summed E-state index contributed by atoms with van der Waals surface area (Å²) >= 11 is 0. The molecule has 1 aliphatic heterocycles. The lowest BCUT2D eigenvalue weighted by Crippen LogP contribution is -2.33. The van der Waals surface area contributed by atoms with Gasteiger partial charge in [-0.3, -0.25) is 4.79 Å². The Morgan fingerprint density at radius 2 is 1.86 bits per heavy atom. The molecule has 1 heterocycles. The van der Waals surface area contributed by atoms with E-state index in [9.17, 15) is 18.0 Å². The molecule has 1 unspecified atom stereocenters.